The Balaban J connectivity index is 2.28. The summed E-state index contributed by atoms with van der Waals surface area (Å²) in [5.74, 6) is 1.40. The first-order chi connectivity index (χ1) is 8.25. The monoisotopic (exact) mass is 251 g/mol. The topological polar surface area (TPSA) is 34.4 Å². The molecule has 2 unspecified atom stereocenters. The SMILES string of the molecule is CNC(c1coc(C)c1)C1CC(C)(C)OC1(C)C. The Hall–Kier alpha value is -0.800. The molecule has 1 saturated heterocycles. The molecule has 2 heterocycles. The van der Waals surface area contributed by atoms with E-state index in [1.807, 2.05) is 20.2 Å². The fourth-order valence-electron chi connectivity index (χ4n) is 3.35. The Bertz CT molecular complexity index is 420. The second-order valence-electron chi connectivity index (χ2n) is 6.53. The summed E-state index contributed by atoms with van der Waals surface area (Å²) in [6.07, 6.45) is 2.91. The maximum atomic E-state index is 6.19. The molecule has 1 aromatic heterocycles. The van der Waals surface area contributed by atoms with Gasteiger partial charge in [0.2, 0.25) is 0 Å². The standard InChI is InChI=1S/C15H25NO2/c1-10-7-11(9-17-10)13(16-6)12-8-14(2,3)18-15(12,4)5/h7,9,12-13,16H,8H2,1-6H3. The van der Waals surface area contributed by atoms with Crippen LogP contribution >= 0.6 is 0 Å². The summed E-state index contributed by atoms with van der Waals surface area (Å²) >= 11 is 0. The molecular formula is C15H25NO2. The van der Waals surface area contributed by atoms with Crippen LogP contribution in [0.3, 0.4) is 0 Å². The number of furan rings is 1. The Morgan fingerprint density at radius 2 is 2.00 bits per heavy atom. The highest BCUT2D eigenvalue weighted by molar-refractivity contribution is 5.19. The lowest BCUT2D eigenvalue weighted by molar-refractivity contribution is -0.0776. The molecule has 3 heteroatoms. The predicted octanol–water partition coefficient (Wildman–Crippen LogP) is 3.44. The van der Waals surface area contributed by atoms with Gasteiger partial charge in [-0.25, -0.2) is 0 Å². The van der Waals surface area contributed by atoms with Crippen LogP contribution in [0.15, 0.2) is 16.7 Å². The molecule has 3 nitrogen and oxygen atoms in total. The van der Waals surface area contributed by atoms with E-state index in [2.05, 4.69) is 39.1 Å². The molecule has 2 rings (SSSR count). The zero-order valence-electron chi connectivity index (χ0n) is 12.3. The molecule has 0 radical (unpaired) electrons. The van der Waals surface area contributed by atoms with Crippen LogP contribution in [-0.4, -0.2) is 18.2 Å². The van der Waals surface area contributed by atoms with Crippen molar-refractivity contribution in [1.29, 1.82) is 0 Å². The van der Waals surface area contributed by atoms with Crippen molar-refractivity contribution in [3.8, 4) is 0 Å². The van der Waals surface area contributed by atoms with Crippen molar-refractivity contribution in [3.05, 3.63) is 23.7 Å². The molecule has 1 N–H and O–H groups in total. The smallest absolute Gasteiger partial charge is 0.101 e. The van der Waals surface area contributed by atoms with Crippen molar-refractivity contribution in [3.63, 3.8) is 0 Å². The molecular weight excluding hydrogens is 226 g/mol. The predicted molar refractivity (Wildman–Crippen MR) is 72.6 cm³/mol. The molecule has 102 valence electrons. The van der Waals surface area contributed by atoms with Crippen LogP contribution < -0.4 is 5.32 Å². The van der Waals surface area contributed by atoms with Gasteiger partial charge < -0.3 is 14.5 Å². The number of hydrogen-bond donors (Lipinski definition) is 1. The summed E-state index contributed by atoms with van der Waals surface area (Å²) in [6.45, 7) is 10.7. The van der Waals surface area contributed by atoms with E-state index < -0.39 is 0 Å². The third-order valence-electron chi connectivity index (χ3n) is 3.97. The third kappa shape index (κ3) is 2.47. The van der Waals surface area contributed by atoms with Gasteiger partial charge in [-0.2, -0.15) is 0 Å². The summed E-state index contributed by atoms with van der Waals surface area (Å²) in [5.41, 5.74) is 1.04. The van der Waals surface area contributed by atoms with Crippen LogP contribution in [-0.2, 0) is 4.74 Å². The molecule has 0 spiro atoms. The zero-order valence-corrected chi connectivity index (χ0v) is 12.3. The molecule has 2 atom stereocenters. The van der Waals surface area contributed by atoms with Gasteiger partial charge in [-0.3, -0.25) is 0 Å². The fourth-order valence-corrected chi connectivity index (χ4v) is 3.35. The Kier molecular flexibility index (Phi) is 3.32. The molecule has 1 aliphatic heterocycles. The number of nitrogens with one attached hydrogen (secondary N) is 1. The molecule has 1 aliphatic rings. The summed E-state index contributed by atoms with van der Waals surface area (Å²) in [6, 6.07) is 2.39. The normalized spacial score (nSPS) is 27.3. The first-order valence-corrected chi connectivity index (χ1v) is 6.68. The average Bonchev–Trinajstić information content (AvgIpc) is 2.70. The van der Waals surface area contributed by atoms with Crippen molar-refractivity contribution in [1.82, 2.24) is 5.32 Å². The van der Waals surface area contributed by atoms with Gasteiger partial charge in [0, 0.05) is 17.5 Å². The Labute approximate surface area is 110 Å². The number of rotatable bonds is 3. The van der Waals surface area contributed by atoms with Crippen molar-refractivity contribution < 1.29 is 9.15 Å². The molecule has 0 bridgehead atoms. The van der Waals surface area contributed by atoms with Gasteiger partial charge in [0.1, 0.15) is 5.76 Å². The fraction of sp³-hybridized carbons (Fsp3) is 0.733. The summed E-state index contributed by atoms with van der Waals surface area (Å²) in [7, 11) is 2.01. The highest BCUT2D eigenvalue weighted by Gasteiger charge is 2.49. The van der Waals surface area contributed by atoms with E-state index in [9.17, 15) is 0 Å². The summed E-state index contributed by atoms with van der Waals surface area (Å²) < 4.78 is 11.6. The van der Waals surface area contributed by atoms with Crippen molar-refractivity contribution in [2.75, 3.05) is 7.05 Å². The van der Waals surface area contributed by atoms with Crippen molar-refractivity contribution >= 4 is 0 Å². The molecule has 1 aromatic rings. The molecule has 0 saturated carbocycles. The van der Waals surface area contributed by atoms with E-state index in [1.165, 1.54) is 5.56 Å². The maximum absolute atomic E-state index is 6.19. The average molecular weight is 251 g/mol. The van der Waals surface area contributed by atoms with E-state index in [0.717, 1.165) is 12.2 Å². The van der Waals surface area contributed by atoms with Gasteiger partial charge >= 0.3 is 0 Å². The minimum atomic E-state index is -0.123. The van der Waals surface area contributed by atoms with Crippen LogP contribution in [0.25, 0.3) is 0 Å². The van der Waals surface area contributed by atoms with E-state index in [1.54, 1.807) is 0 Å². The van der Waals surface area contributed by atoms with Gasteiger partial charge in [0.25, 0.3) is 0 Å². The van der Waals surface area contributed by atoms with Crippen LogP contribution in [0, 0.1) is 12.8 Å². The Morgan fingerprint density at radius 3 is 2.39 bits per heavy atom. The minimum Gasteiger partial charge on any atom is -0.469 e. The van der Waals surface area contributed by atoms with Gasteiger partial charge in [0.05, 0.1) is 17.5 Å². The first-order valence-electron chi connectivity index (χ1n) is 6.68. The van der Waals surface area contributed by atoms with E-state index in [-0.39, 0.29) is 17.2 Å². The lowest BCUT2D eigenvalue weighted by Crippen LogP contribution is -2.37. The van der Waals surface area contributed by atoms with Gasteiger partial charge in [-0.1, -0.05) is 0 Å². The molecule has 18 heavy (non-hydrogen) atoms. The van der Waals surface area contributed by atoms with E-state index >= 15 is 0 Å². The highest BCUT2D eigenvalue weighted by Crippen LogP contribution is 2.47. The second-order valence-corrected chi connectivity index (χ2v) is 6.53. The number of hydrogen-bond acceptors (Lipinski definition) is 3. The van der Waals surface area contributed by atoms with Crippen LogP contribution in [0.2, 0.25) is 0 Å². The van der Waals surface area contributed by atoms with E-state index in [0.29, 0.717) is 5.92 Å². The molecule has 0 amide bonds. The lowest BCUT2D eigenvalue weighted by atomic mass is 9.79. The van der Waals surface area contributed by atoms with Crippen molar-refractivity contribution in [2.24, 2.45) is 5.92 Å². The third-order valence-corrected chi connectivity index (χ3v) is 3.97. The van der Waals surface area contributed by atoms with Gasteiger partial charge in [0.15, 0.2) is 0 Å². The lowest BCUT2D eigenvalue weighted by Gasteiger charge is -2.32. The quantitative estimate of drug-likeness (QED) is 0.893. The van der Waals surface area contributed by atoms with Gasteiger partial charge in [-0.05, 0) is 54.2 Å². The first kappa shape index (κ1) is 13.6. The van der Waals surface area contributed by atoms with Crippen LogP contribution in [0.1, 0.15) is 51.5 Å². The highest BCUT2D eigenvalue weighted by atomic mass is 16.5. The largest absolute Gasteiger partial charge is 0.469 e. The molecule has 0 aliphatic carbocycles. The summed E-state index contributed by atoms with van der Waals surface area (Å²) in [4.78, 5) is 0. The second kappa shape index (κ2) is 4.39. The minimum absolute atomic E-state index is 0.0535. The number of aryl methyl sites for hydroxylation is 1. The zero-order chi connectivity index (χ0) is 13.6. The van der Waals surface area contributed by atoms with Crippen molar-refractivity contribution in [2.45, 2.75) is 58.3 Å². The van der Waals surface area contributed by atoms with Crippen LogP contribution in [0.5, 0.6) is 0 Å². The number of ether oxygens (including phenoxy) is 1. The summed E-state index contributed by atoms with van der Waals surface area (Å²) in [5, 5.41) is 3.43. The van der Waals surface area contributed by atoms with E-state index in [4.69, 9.17) is 9.15 Å². The maximum Gasteiger partial charge on any atom is 0.101 e. The molecule has 0 aromatic carbocycles. The molecule has 1 fully saturated rings. The Morgan fingerprint density at radius 1 is 1.33 bits per heavy atom. The van der Waals surface area contributed by atoms with Gasteiger partial charge in [-0.15, -0.1) is 0 Å². The van der Waals surface area contributed by atoms with Crippen LogP contribution in [0.4, 0.5) is 0 Å².